The van der Waals surface area contributed by atoms with Crippen LogP contribution in [-0.4, -0.2) is 54.2 Å². The van der Waals surface area contributed by atoms with Crippen molar-refractivity contribution in [3.8, 4) is 11.1 Å². The molecule has 2 fully saturated rings. The molecule has 5 rings (SSSR count). The van der Waals surface area contributed by atoms with Crippen LogP contribution in [0.15, 0.2) is 54.6 Å². The summed E-state index contributed by atoms with van der Waals surface area (Å²) in [5.74, 6) is 1.41. The Balaban J connectivity index is 1.21. The number of piperidine rings is 1. The van der Waals surface area contributed by atoms with Gasteiger partial charge in [0.05, 0.1) is 12.1 Å². The molecule has 0 radical (unpaired) electrons. The molecule has 2 amide bonds. The van der Waals surface area contributed by atoms with E-state index in [4.69, 9.17) is 10.1 Å². The zero-order chi connectivity index (χ0) is 26.5. The second-order valence-corrected chi connectivity index (χ2v) is 10.8. The van der Waals surface area contributed by atoms with Crippen molar-refractivity contribution in [1.82, 2.24) is 15.6 Å². The number of carbonyl (C=O) groups excluding carboxylic acids is 2. The number of aliphatic hydroxyl groups excluding tert-OH is 1. The molecule has 3 N–H and O–H groups in total. The Morgan fingerprint density at radius 1 is 1.03 bits per heavy atom. The van der Waals surface area contributed by atoms with Crippen LogP contribution < -0.4 is 15.5 Å². The molecule has 7 nitrogen and oxygen atoms in total. The van der Waals surface area contributed by atoms with Gasteiger partial charge in [0.2, 0.25) is 11.8 Å². The van der Waals surface area contributed by atoms with Gasteiger partial charge in [-0.15, -0.1) is 0 Å². The smallest absolute Gasteiger partial charge is 0.223 e. The lowest BCUT2D eigenvalue weighted by atomic mass is 9.94. The third-order valence-electron chi connectivity index (χ3n) is 8.00. The first-order valence-electron chi connectivity index (χ1n) is 13.9. The Morgan fingerprint density at radius 3 is 2.58 bits per heavy atom. The first-order chi connectivity index (χ1) is 18.5. The summed E-state index contributed by atoms with van der Waals surface area (Å²) in [6.07, 6.45) is 4.78. The van der Waals surface area contributed by atoms with Gasteiger partial charge in [-0.2, -0.15) is 0 Å². The Hall–Kier alpha value is -3.45. The molecule has 2 aliphatic rings. The number of hydrogen-bond acceptors (Lipinski definition) is 5. The van der Waals surface area contributed by atoms with E-state index in [0.29, 0.717) is 18.9 Å². The van der Waals surface area contributed by atoms with E-state index in [-0.39, 0.29) is 30.4 Å². The maximum atomic E-state index is 13.1. The zero-order valence-corrected chi connectivity index (χ0v) is 22.2. The number of amides is 2. The minimum absolute atomic E-state index is 0.00133. The van der Waals surface area contributed by atoms with E-state index in [9.17, 15) is 9.59 Å². The quantitative estimate of drug-likeness (QED) is 0.419. The number of aryl methyl sites for hydroxylation is 1. The molecular formula is C31H38N4O3. The van der Waals surface area contributed by atoms with Crippen LogP contribution in [0.5, 0.6) is 0 Å². The van der Waals surface area contributed by atoms with Gasteiger partial charge in [-0.3, -0.25) is 9.59 Å². The van der Waals surface area contributed by atoms with Crippen LogP contribution in [0, 0.1) is 18.8 Å². The fraction of sp³-hybridized carbons (Fsp3) is 0.452. The van der Waals surface area contributed by atoms with Gasteiger partial charge in [0, 0.05) is 49.0 Å². The Kier molecular flexibility index (Phi) is 8.23. The van der Waals surface area contributed by atoms with Crippen molar-refractivity contribution >= 4 is 28.5 Å². The third-order valence-corrected chi connectivity index (χ3v) is 8.00. The molecular weight excluding hydrogens is 476 g/mol. The summed E-state index contributed by atoms with van der Waals surface area (Å²) >= 11 is 0. The summed E-state index contributed by atoms with van der Waals surface area (Å²) in [7, 11) is 0. The van der Waals surface area contributed by atoms with Gasteiger partial charge in [0.25, 0.3) is 0 Å². The number of hydrogen-bond donors (Lipinski definition) is 3. The van der Waals surface area contributed by atoms with Crippen LogP contribution in [0.1, 0.15) is 44.1 Å². The average molecular weight is 515 g/mol. The number of fused-ring (bicyclic) bond motifs is 1. The van der Waals surface area contributed by atoms with Gasteiger partial charge in [-0.25, -0.2) is 4.98 Å². The standard InChI is InChI=1S/C31H38N4O3/c1-21-7-10-28-25(17-21)20-27(23-5-3-2-4-6-23)30(34-28)35-14-11-24(12-15-35)31(38)33-26-9-8-22(18-26)19-29(37)32-13-16-36/h2-7,10,17,20,22,24,26,36H,8-9,11-16,18-19H2,1H3,(H,32,37)(H,33,38)/t22-,26+/m1/s1. The number of anilines is 1. The van der Waals surface area contributed by atoms with Gasteiger partial charge in [0.1, 0.15) is 5.82 Å². The fourth-order valence-corrected chi connectivity index (χ4v) is 5.95. The molecule has 3 aromatic rings. The molecule has 0 unspecified atom stereocenters. The lowest BCUT2D eigenvalue weighted by molar-refractivity contribution is -0.126. The summed E-state index contributed by atoms with van der Waals surface area (Å²) < 4.78 is 0. The van der Waals surface area contributed by atoms with Crippen molar-refractivity contribution in [3.05, 3.63) is 60.2 Å². The predicted molar refractivity (Wildman–Crippen MR) is 151 cm³/mol. The van der Waals surface area contributed by atoms with E-state index in [1.165, 1.54) is 5.56 Å². The number of nitrogens with zero attached hydrogens (tertiary/aromatic N) is 2. The van der Waals surface area contributed by atoms with E-state index in [1.54, 1.807) is 0 Å². The van der Waals surface area contributed by atoms with Crippen LogP contribution in [0.25, 0.3) is 22.0 Å². The molecule has 0 spiro atoms. The van der Waals surface area contributed by atoms with E-state index in [0.717, 1.165) is 73.0 Å². The minimum atomic E-state index is -0.0436. The monoisotopic (exact) mass is 514 g/mol. The Labute approximate surface area is 224 Å². The molecule has 7 heteroatoms. The Bertz CT molecular complexity index is 1270. The fourth-order valence-electron chi connectivity index (χ4n) is 5.95. The number of pyridine rings is 1. The summed E-state index contributed by atoms with van der Waals surface area (Å²) in [4.78, 5) is 32.5. The van der Waals surface area contributed by atoms with Crippen LogP contribution in [0.4, 0.5) is 5.82 Å². The van der Waals surface area contributed by atoms with Crippen molar-refractivity contribution in [3.63, 3.8) is 0 Å². The lowest BCUT2D eigenvalue weighted by Gasteiger charge is -2.34. The first-order valence-corrected chi connectivity index (χ1v) is 13.9. The molecule has 1 aliphatic heterocycles. The summed E-state index contributed by atoms with van der Waals surface area (Å²) in [5, 5.41) is 16.0. The molecule has 0 bridgehead atoms. The van der Waals surface area contributed by atoms with Crippen molar-refractivity contribution in [2.45, 2.75) is 51.5 Å². The number of aliphatic hydroxyl groups is 1. The molecule has 2 heterocycles. The molecule has 1 saturated heterocycles. The predicted octanol–water partition coefficient (Wildman–Crippen LogP) is 4.21. The molecule has 1 aliphatic carbocycles. The van der Waals surface area contributed by atoms with Gasteiger partial charge >= 0.3 is 0 Å². The largest absolute Gasteiger partial charge is 0.395 e. The number of carbonyl (C=O) groups is 2. The van der Waals surface area contributed by atoms with Gasteiger partial charge in [0.15, 0.2) is 0 Å². The number of aromatic nitrogens is 1. The van der Waals surface area contributed by atoms with Crippen LogP contribution >= 0.6 is 0 Å². The van der Waals surface area contributed by atoms with Crippen molar-refractivity contribution in [2.75, 3.05) is 31.1 Å². The maximum Gasteiger partial charge on any atom is 0.223 e. The molecule has 200 valence electrons. The normalized spacial score (nSPS) is 20.0. The van der Waals surface area contributed by atoms with Gasteiger partial charge < -0.3 is 20.6 Å². The highest BCUT2D eigenvalue weighted by molar-refractivity contribution is 5.90. The number of benzene rings is 2. The van der Waals surface area contributed by atoms with Crippen molar-refractivity contribution in [2.24, 2.45) is 11.8 Å². The second-order valence-electron chi connectivity index (χ2n) is 10.8. The molecule has 1 aromatic heterocycles. The first kappa shape index (κ1) is 26.2. The second kappa shape index (κ2) is 11.9. The molecule has 38 heavy (non-hydrogen) atoms. The Morgan fingerprint density at radius 2 is 1.82 bits per heavy atom. The van der Waals surface area contributed by atoms with Gasteiger partial charge in [-0.1, -0.05) is 42.0 Å². The maximum absolute atomic E-state index is 13.1. The van der Waals surface area contributed by atoms with E-state index < -0.39 is 0 Å². The number of nitrogens with one attached hydrogen (secondary N) is 2. The topological polar surface area (TPSA) is 94.6 Å². The van der Waals surface area contributed by atoms with E-state index >= 15 is 0 Å². The lowest BCUT2D eigenvalue weighted by Crippen LogP contribution is -2.43. The molecule has 2 atom stereocenters. The van der Waals surface area contributed by atoms with Gasteiger partial charge in [-0.05, 0) is 68.7 Å². The third kappa shape index (κ3) is 6.16. The average Bonchev–Trinajstić information content (AvgIpc) is 3.38. The zero-order valence-electron chi connectivity index (χ0n) is 22.2. The summed E-state index contributed by atoms with van der Waals surface area (Å²) in [5.41, 5.74) is 4.49. The van der Waals surface area contributed by atoms with E-state index in [1.807, 2.05) is 6.07 Å². The molecule has 2 aromatic carbocycles. The highest BCUT2D eigenvalue weighted by Crippen LogP contribution is 2.35. The summed E-state index contributed by atoms with van der Waals surface area (Å²) in [6, 6.07) is 19.2. The highest BCUT2D eigenvalue weighted by atomic mass is 16.3. The number of rotatable bonds is 8. The SMILES string of the molecule is Cc1ccc2nc(N3CCC(C(=O)N[C@H]4CC[C@@H](CC(=O)NCCO)C4)CC3)c(-c3ccccc3)cc2c1. The van der Waals surface area contributed by atoms with Crippen LogP contribution in [0.3, 0.4) is 0 Å². The molecule has 1 saturated carbocycles. The van der Waals surface area contributed by atoms with Crippen molar-refractivity contribution in [1.29, 1.82) is 0 Å². The van der Waals surface area contributed by atoms with E-state index in [2.05, 4.69) is 71.0 Å². The van der Waals surface area contributed by atoms with Crippen LogP contribution in [-0.2, 0) is 9.59 Å². The van der Waals surface area contributed by atoms with Crippen LogP contribution in [0.2, 0.25) is 0 Å². The summed E-state index contributed by atoms with van der Waals surface area (Å²) in [6.45, 7) is 3.94. The van der Waals surface area contributed by atoms with Crippen molar-refractivity contribution < 1.29 is 14.7 Å². The minimum Gasteiger partial charge on any atom is -0.395 e. The highest BCUT2D eigenvalue weighted by Gasteiger charge is 2.31.